The largest absolute Gasteiger partial charge is 0.508 e. The molecule has 1 saturated heterocycles. The summed E-state index contributed by atoms with van der Waals surface area (Å²) in [5.74, 6) is -2.22. The highest BCUT2D eigenvalue weighted by molar-refractivity contribution is 5.95. The maximum atomic E-state index is 12.5. The number of rotatable bonds is 11. The van der Waals surface area contributed by atoms with E-state index in [2.05, 4.69) is 15.6 Å². The number of benzene rings is 1. The Morgan fingerprint density at radius 1 is 1.14 bits per heavy atom. The van der Waals surface area contributed by atoms with E-state index in [4.69, 9.17) is 21.3 Å². The van der Waals surface area contributed by atoms with E-state index in [1.54, 1.807) is 12.1 Å². The van der Waals surface area contributed by atoms with Crippen LogP contribution in [-0.4, -0.2) is 65.3 Å². The van der Waals surface area contributed by atoms with Gasteiger partial charge in [0.1, 0.15) is 11.8 Å². The van der Waals surface area contributed by atoms with Crippen LogP contribution in [0.3, 0.4) is 0 Å². The quantitative estimate of drug-likeness (QED) is 0.110. The maximum absolute atomic E-state index is 12.5. The average Bonchev–Trinajstić information content (AvgIpc) is 3.46. The number of amides is 2. The molecule has 2 amide bonds. The molecule has 0 unspecified atom stereocenters. The van der Waals surface area contributed by atoms with Crippen LogP contribution >= 0.6 is 0 Å². The van der Waals surface area contributed by atoms with Crippen LogP contribution in [0.25, 0.3) is 0 Å². The lowest BCUT2D eigenvalue weighted by atomic mass is 10.0. The molecule has 1 heterocycles. The van der Waals surface area contributed by atoms with Gasteiger partial charge in [-0.05, 0) is 30.5 Å². The number of carboxylic acids is 1. The van der Waals surface area contributed by atoms with Crippen molar-refractivity contribution in [1.82, 2.24) is 10.6 Å². The molecular formula is C18H25N5O6. The molecule has 3 atom stereocenters. The summed E-state index contributed by atoms with van der Waals surface area (Å²) < 4.78 is 4.82. The van der Waals surface area contributed by atoms with E-state index in [-0.39, 0.29) is 18.1 Å². The smallest absolute Gasteiger partial charge is 0.336 e. The summed E-state index contributed by atoms with van der Waals surface area (Å²) in [5.41, 5.74) is 11.2. The van der Waals surface area contributed by atoms with Crippen LogP contribution in [0.1, 0.15) is 18.4 Å². The maximum Gasteiger partial charge on any atom is 0.336 e. The standard InChI is InChI=1S/C18H25N5O6/c19-18(20)22-8-2-1-7-21-15(25)12(9-10-3-5-11(24)6-4-10)23-16(26)13-14(29-13)17(27)28/h3-6,12-14,24H,1-2,7-9H2,(H,21,25)(H,23,26)(H,27,28)(H4,19,20,22)/t12-,13+,14+/m0/s1. The molecule has 0 bridgehead atoms. The zero-order valence-electron chi connectivity index (χ0n) is 15.7. The number of epoxide rings is 1. The summed E-state index contributed by atoms with van der Waals surface area (Å²) >= 11 is 0. The number of phenols is 1. The topological polar surface area (TPSA) is 193 Å². The van der Waals surface area contributed by atoms with Gasteiger partial charge in [-0.15, -0.1) is 0 Å². The first kappa shape index (κ1) is 22.0. The number of carboxylic acid groups (broad SMARTS) is 1. The van der Waals surface area contributed by atoms with E-state index in [1.165, 1.54) is 12.1 Å². The average molecular weight is 407 g/mol. The van der Waals surface area contributed by atoms with E-state index in [0.29, 0.717) is 31.5 Å². The minimum atomic E-state index is -1.23. The van der Waals surface area contributed by atoms with Crippen molar-refractivity contribution in [3.63, 3.8) is 0 Å². The minimum Gasteiger partial charge on any atom is -0.508 e. The van der Waals surface area contributed by atoms with Crippen LogP contribution in [0.15, 0.2) is 29.3 Å². The van der Waals surface area contributed by atoms with Gasteiger partial charge >= 0.3 is 5.97 Å². The molecule has 0 saturated carbocycles. The summed E-state index contributed by atoms with van der Waals surface area (Å²) in [6.45, 7) is 0.805. The van der Waals surface area contributed by atoms with Crippen LogP contribution in [0, 0.1) is 0 Å². The van der Waals surface area contributed by atoms with Gasteiger partial charge in [-0.3, -0.25) is 14.6 Å². The Hall–Kier alpha value is -3.34. The van der Waals surface area contributed by atoms with E-state index in [9.17, 15) is 19.5 Å². The Kier molecular flexibility index (Phi) is 7.78. The highest BCUT2D eigenvalue weighted by atomic mass is 16.6. The van der Waals surface area contributed by atoms with Crippen LogP contribution in [0.5, 0.6) is 5.75 Å². The van der Waals surface area contributed by atoms with Crippen molar-refractivity contribution in [2.45, 2.75) is 37.5 Å². The number of unbranched alkanes of at least 4 members (excludes halogenated alkanes) is 1. The van der Waals surface area contributed by atoms with Crippen LogP contribution < -0.4 is 22.1 Å². The van der Waals surface area contributed by atoms with E-state index < -0.39 is 36.0 Å². The predicted octanol–water partition coefficient (Wildman–Crippen LogP) is -1.56. The number of hydrogen-bond donors (Lipinski definition) is 6. The summed E-state index contributed by atoms with van der Waals surface area (Å²) in [6.07, 6.45) is -0.834. The highest BCUT2D eigenvalue weighted by Gasteiger charge is 2.51. The van der Waals surface area contributed by atoms with Gasteiger partial charge < -0.3 is 37.1 Å². The van der Waals surface area contributed by atoms with E-state index >= 15 is 0 Å². The van der Waals surface area contributed by atoms with Crippen molar-refractivity contribution in [3.8, 4) is 5.75 Å². The van der Waals surface area contributed by atoms with Gasteiger partial charge in [-0.2, -0.15) is 0 Å². The molecule has 11 nitrogen and oxygen atoms in total. The molecule has 1 fully saturated rings. The van der Waals surface area contributed by atoms with Gasteiger partial charge in [-0.1, -0.05) is 12.1 Å². The lowest BCUT2D eigenvalue weighted by Crippen LogP contribution is -2.49. The lowest BCUT2D eigenvalue weighted by Gasteiger charge is -2.18. The predicted molar refractivity (Wildman–Crippen MR) is 103 cm³/mol. The number of guanidine groups is 1. The second-order valence-corrected chi connectivity index (χ2v) is 6.55. The van der Waals surface area contributed by atoms with Crippen molar-refractivity contribution in [2.24, 2.45) is 16.5 Å². The van der Waals surface area contributed by atoms with E-state index in [1.807, 2.05) is 0 Å². The molecule has 0 spiro atoms. The first-order valence-electron chi connectivity index (χ1n) is 9.07. The van der Waals surface area contributed by atoms with Gasteiger partial charge in [0.2, 0.25) is 5.91 Å². The van der Waals surface area contributed by atoms with Crippen LogP contribution in [0.2, 0.25) is 0 Å². The molecule has 1 aliphatic heterocycles. The van der Waals surface area contributed by atoms with Gasteiger partial charge in [0.25, 0.3) is 5.91 Å². The number of aromatic hydroxyl groups is 1. The third kappa shape index (κ3) is 7.30. The fourth-order valence-electron chi connectivity index (χ4n) is 2.61. The first-order valence-corrected chi connectivity index (χ1v) is 9.07. The van der Waals surface area contributed by atoms with Crippen molar-refractivity contribution < 1.29 is 29.3 Å². The third-order valence-corrected chi connectivity index (χ3v) is 4.18. The molecule has 0 aromatic heterocycles. The molecule has 8 N–H and O–H groups in total. The summed E-state index contributed by atoms with van der Waals surface area (Å²) in [4.78, 5) is 39.5. The Morgan fingerprint density at radius 2 is 1.83 bits per heavy atom. The van der Waals surface area contributed by atoms with Crippen molar-refractivity contribution in [1.29, 1.82) is 0 Å². The monoisotopic (exact) mass is 407 g/mol. The number of aliphatic imine (C=N–C) groups is 1. The SMILES string of the molecule is NC(N)=NCCCCNC(=O)[C@H](Cc1ccc(O)cc1)NC(=O)[C@@H]1O[C@H]1C(=O)O. The second kappa shape index (κ2) is 10.3. The molecule has 1 aliphatic rings. The lowest BCUT2D eigenvalue weighted by molar-refractivity contribution is -0.138. The van der Waals surface area contributed by atoms with Gasteiger partial charge in [0.15, 0.2) is 18.2 Å². The Bertz CT molecular complexity index is 763. The zero-order valence-corrected chi connectivity index (χ0v) is 15.7. The number of ether oxygens (including phenoxy) is 1. The normalized spacial score (nSPS) is 18.3. The molecule has 2 rings (SSSR count). The number of carbonyl (C=O) groups excluding carboxylic acids is 2. The van der Waals surface area contributed by atoms with Crippen molar-refractivity contribution in [2.75, 3.05) is 13.1 Å². The molecule has 0 aliphatic carbocycles. The van der Waals surface area contributed by atoms with Crippen LogP contribution in [-0.2, 0) is 25.5 Å². The Labute approximate surface area is 167 Å². The number of nitrogens with one attached hydrogen (secondary N) is 2. The summed E-state index contributed by atoms with van der Waals surface area (Å²) in [5, 5.41) is 23.5. The molecule has 158 valence electrons. The number of aliphatic carboxylic acids is 1. The summed E-state index contributed by atoms with van der Waals surface area (Å²) in [7, 11) is 0. The molecule has 11 heteroatoms. The minimum absolute atomic E-state index is 0.00710. The Morgan fingerprint density at radius 3 is 2.41 bits per heavy atom. The van der Waals surface area contributed by atoms with Crippen molar-refractivity contribution >= 4 is 23.7 Å². The fraction of sp³-hybridized carbons (Fsp3) is 0.444. The zero-order chi connectivity index (χ0) is 21.4. The van der Waals surface area contributed by atoms with Gasteiger partial charge in [-0.25, -0.2) is 4.79 Å². The number of hydrogen-bond acceptors (Lipinski definition) is 6. The molecular weight excluding hydrogens is 382 g/mol. The number of carbonyl (C=O) groups is 3. The van der Waals surface area contributed by atoms with Gasteiger partial charge in [0, 0.05) is 19.5 Å². The molecule has 0 radical (unpaired) electrons. The summed E-state index contributed by atoms with van der Waals surface area (Å²) in [6, 6.07) is 5.28. The Balaban J connectivity index is 1.91. The molecule has 1 aromatic carbocycles. The number of nitrogens with zero attached hydrogens (tertiary/aromatic N) is 1. The third-order valence-electron chi connectivity index (χ3n) is 4.18. The number of phenolic OH excluding ortho intramolecular Hbond substituents is 1. The van der Waals surface area contributed by atoms with E-state index in [0.717, 1.165) is 0 Å². The number of nitrogens with two attached hydrogens (primary N) is 2. The molecule has 29 heavy (non-hydrogen) atoms. The van der Waals surface area contributed by atoms with Gasteiger partial charge in [0.05, 0.1) is 0 Å². The van der Waals surface area contributed by atoms with Crippen molar-refractivity contribution in [3.05, 3.63) is 29.8 Å². The highest BCUT2D eigenvalue weighted by Crippen LogP contribution is 2.22. The second-order valence-electron chi connectivity index (χ2n) is 6.55. The van der Waals surface area contributed by atoms with Crippen LogP contribution in [0.4, 0.5) is 0 Å². The first-order chi connectivity index (χ1) is 13.8. The molecule has 1 aromatic rings. The fourth-order valence-corrected chi connectivity index (χ4v) is 2.61.